The highest BCUT2D eigenvalue weighted by atomic mass is 16.5. The number of esters is 1. The maximum atomic E-state index is 11.1. The van der Waals surface area contributed by atoms with Crippen LogP contribution in [0.1, 0.15) is 47.0 Å². The highest BCUT2D eigenvalue weighted by Crippen LogP contribution is 2.18. The topological polar surface area (TPSA) is 46.5 Å². The number of aliphatic hydroxyl groups is 1. The minimum atomic E-state index is -0.385. The second-order valence-electron chi connectivity index (χ2n) is 3.62. The summed E-state index contributed by atoms with van der Waals surface area (Å²) in [6.07, 6.45) is 1.30. The molecule has 0 aliphatic rings. The van der Waals surface area contributed by atoms with Crippen molar-refractivity contribution >= 4 is 5.97 Å². The van der Waals surface area contributed by atoms with Crippen LogP contribution in [0.15, 0.2) is 0 Å². The number of aliphatic hydroxyl groups excluding tert-OH is 1. The Morgan fingerprint density at radius 3 is 2.21 bits per heavy atom. The maximum Gasteiger partial charge on any atom is 0.305 e. The van der Waals surface area contributed by atoms with Gasteiger partial charge in [0.05, 0.1) is 6.10 Å². The van der Waals surface area contributed by atoms with Gasteiger partial charge in [-0.1, -0.05) is 27.7 Å². The average Bonchev–Trinajstić information content (AvgIpc) is 2.23. The van der Waals surface area contributed by atoms with E-state index in [9.17, 15) is 9.90 Å². The Hall–Kier alpha value is -0.570. The molecule has 0 rings (SSSR count). The molecule has 3 atom stereocenters. The Balaban J connectivity index is 4.18. The first kappa shape index (κ1) is 13.4. The first-order valence-electron chi connectivity index (χ1n) is 5.44. The van der Waals surface area contributed by atoms with Gasteiger partial charge in [0.25, 0.3) is 0 Å². The fourth-order valence-electron chi connectivity index (χ4n) is 1.43. The molecule has 0 radical (unpaired) electrons. The third-order valence-corrected chi connectivity index (χ3v) is 2.59. The summed E-state index contributed by atoms with van der Waals surface area (Å²) in [5.74, 6) is -0.174. The summed E-state index contributed by atoms with van der Waals surface area (Å²) in [6, 6.07) is 0. The molecule has 3 heteroatoms. The van der Waals surface area contributed by atoms with Crippen LogP contribution in [0.25, 0.3) is 0 Å². The summed E-state index contributed by atoms with van der Waals surface area (Å²) in [5, 5.41) is 9.62. The van der Waals surface area contributed by atoms with Crippen molar-refractivity contribution in [3.63, 3.8) is 0 Å². The van der Waals surface area contributed by atoms with Crippen LogP contribution in [0.2, 0.25) is 0 Å². The van der Waals surface area contributed by atoms with E-state index >= 15 is 0 Å². The Morgan fingerprint density at radius 2 is 1.86 bits per heavy atom. The lowest BCUT2D eigenvalue weighted by Gasteiger charge is -2.26. The molecule has 0 amide bonds. The summed E-state index contributed by atoms with van der Waals surface area (Å²) < 4.78 is 5.23. The Kier molecular flexibility index (Phi) is 6.54. The highest BCUT2D eigenvalue weighted by Gasteiger charge is 2.24. The monoisotopic (exact) mass is 202 g/mol. The average molecular weight is 202 g/mol. The standard InChI is InChI=1S/C11H22O3/c1-5-9(12)8(4)10(6-2)14-11(13)7-3/h8-10,12H,5-7H2,1-4H3/t8-,9+,10+/m1/s1. The van der Waals surface area contributed by atoms with Crippen molar-refractivity contribution in [2.45, 2.75) is 59.2 Å². The van der Waals surface area contributed by atoms with E-state index in [1.54, 1.807) is 6.92 Å². The summed E-state index contributed by atoms with van der Waals surface area (Å²) in [5.41, 5.74) is 0. The second kappa shape index (κ2) is 6.82. The molecular weight excluding hydrogens is 180 g/mol. The Labute approximate surface area is 86.5 Å². The van der Waals surface area contributed by atoms with Crippen molar-refractivity contribution in [3.05, 3.63) is 0 Å². The van der Waals surface area contributed by atoms with Crippen LogP contribution in [-0.4, -0.2) is 23.3 Å². The summed E-state index contributed by atoms with van der Waals surface area (Å²) in [4.78, 5) is 11.1. The van der Waals surface area contributed by atoms with Gasteiger partial charge in [-0.3, -0.25) is 4.79 Å². The zero-order valence-corrected chi connectivity index (χ0v) is 9.62. The van der Waals surface area contributed by atoms with Crippen LogP contribution in [0, 0.1) is 5.92 Å². The summed E-state index contributed by atoms with van der Waals surface area (Å²) in [7, 11) is 0. The molecule has 0 saturated carbocycles. The highest BCUT2D eigenvalue weighted by molar-refractivity contribution is 5.69. The fraction of sp³-hybridized carbons (Fsp3) is 0.909. The predicted octanol–water partition coefficient (Wildman–Crippen LogP) is 2.13. The zero-order valence-electron chi connectivity index (χ0n) is 9.62. The molecule has 0 heterocycles. The van der Waals surface area contributed by atoms with E-state index in [0.29, 0.717) is 12.8 Å². The van der Waals surface area contributed by atoms with Gasteiger partial charge in [-0.05, 0) is 12.8 Å². The van der Waals surface area contributed by atoms with Crippen molar-refractivity contribution in [2.75, 3.05) is 0 Å². The quantitative estimate of drug-likeness (QED) is 0.671. The third-order valence-electron chi connectivity index (χ3n) is 2.59. The molecule has 0 unspecified atom stereocenters. The molecule has 14 heavy (non-hydrogen) atoms. The van der Waals surface area contributed by atoms with E-state index in [0.717, 1.165) is 6.42 Å². The summed E-state index contributed by atoms with van der Waals surface area (Å²) in [6.45, 7) is 7.59. The van der Waals surface area contributed by atoms with Gasteiger partial charge in [0.2, 0.25) is 0 Å². The molecule has 0 spiro atoms. The number of rotatable bonds is 6. The van der Waals surface area contributed by atoms with E-state index in [1.807, 2.05) is 20.8 Å². The SMILES string of the molecule is CCC(=O)O[C@@H](CC)[C@H](C)[C@@H](O)CC. The van der Waals surface area contributed by atoms with Gasteiger partial charge in [-0.2, -0.15) is 0 Å². The molecule has 0 bridgehead atoms. The van der Waals surface area contributed by atoms with Crippen LogP contribution in [-0.2, 0) is 9.53 Å². The van der Waals surface area contributed by atoms with E-state index < -0.39 is 0 Å². The number of carbonyl (C=O) groups is 1. The molecule has 84 valence electrons. The van der Waals surface area contributed by atoms with Crippen LogP contribution >= 0.6 is 0 Å². The molecular formula is C11H22O3. The zero-order chi connectivity index (χ0) is 11.1. The van der Waals surface area contributed by atoms with Gasteiger partial charge >= 0.3 is 5.97 Å². The van der Waals surface area contributed by atoms with E-state index in [1.165, 1.54) is 0 Å². The van der Waals surface area contributed by atoms with Crippen molar-refractivity contribution in [1.29, 1.82) is 0 Å². The predicted molar refractivity (Wildman–Crippen MR) is 55.9 cm³/mol. The first-order valence-corrected chi connectivity index (χ1v) is 5.44. The Bertz CT molecular complexity index is 168. The maximum absolute atomic E-state index is 11.1. The van der Waals surface area contributed by atoms with Crippen molar-refractivity contribution in [2.24, 2.45) is 5.92 Å². The Morgan fingerprint density at radius 1 is 1.29 bits per heavy atom. The fourth-order valence-corrected chi connectivity index (χ4v) is 1.43. The number of ether oxygens (including phenoxy) is 1. The van der Waals surface area contributed by atoms with Gasteiger partial charge in [0.15, 0.2) is 0 Å². The molecule has 0 aliphatic heterocycles. The van der Waals surface area contributed by atoms with E-state index in [4.69, 9.17) is 4.74 Å². The van der Waals surface area contributed by atoms with Gasteiger partial charge in [0.1, 0.15) is 6.10 Å². The molecule has 0 aromatic heterocycles. The minimum absolute atomic E-state index is 0.0144. The largest absolute Gasteiger partial charge is 0.462 e. The normalized spacial score (nSPS) is 17.2. The third kappa shape index (κ3) is 4.09. The lowest BCUT2D eigenvalue weighted by atomic mass is 9.94. The molecule has 0 aromatic carbocycles. The van der Waals surface area contributed by atoms with Gasteiger partial charge in [-0.25, -0.2) is 0 Å². The van der Waals surface area contributed by atoms with Crippen LogP contribution < -0.4 is 0 Å². The lowest BCUT2D eigenvalue weighted by molar-refractivity contribution is -0.153. The van der Waals surface area contributed by atoms with Crippen LogP contribution in [0.3, 0.4) is 0 Å². The number of carbonyl (C=O) groups excluding carboxylic acids is 1. The van der Waals surface area contributed by atoms with E-state index in [-0.39, 0.29) is 24.1 Å². The van der Waals surface area contributed by atoms with E-state index in [2.05, 4.69) is 0 Å². The van der Waals surface area contributed by atoms with Crippen LogP contribution in [0.5, 0.6) is 0 Å². The minimum Gasteiger partial charge on any atom is -0.462 e. The smallest absolute Gasteiger partial charge is 0.305 e. The number of hydrogen-bond donors (Lipinski definition) is 1. The van der Waals surface area contributed by atoms with Gasteiger partial charge in [-0.15, -0.1) is 0 Å². The van der Waals surface area contributed by atoms with Gasteiger partial charge in [0, 0.05) is 12.3 Å². The molecule has 0 saturated heterocycles. The molecule has 3 nitrogen and oxygen atoms in total. The molecule has 0 fully saturated rings. The van der Waals surface area contributed by atoms with Crippen molar-refractivity contribution < 1.29 is 14.6 Å². The second-order valence-corrected chi connectivity index (χ2v) is 3.62. The van der Waals surface area contributed by atoms with Crippen LogP contribution in [0.4, 0.5) is 0 Å². The van der Waals surface area contributed by atoms with Crippen molar-refractivity contribution in [3.8, 4) is 0 Å². The molecule has 0 aromatic rings. The molecule has 0 aliphatic carbocycles. The summed E-state index contributed by atoms with van der Waals surface area (Å²) >= 11 is 0. The van der Waals surface area contributed by atoms with Gasteiger partial charge < -0.3 is 9.84 Å². The van der Waals surface area contributed by atoms with Crippen molar-refractivity contribution in [1.82, 2.24) is 0 Å². The first-order chi connectivity index (χ1) is 6.56. The lowest BCUT2D eigenvalue weighted by Crippen LogP contribution is -2.32. The number of hydrogen-bond acceptors (Lipinski definition) is 3. The molecule has 1 N–H and O–H groups in total.